The van der Waals surface area contributed by atoms with Gasteiger partial charge in [0.15, 0.2) is 0 Å². The Bertz CT molecular complexity index is 452. The Morgan fingerprint density at radius 1 is 1.11 bits per heavy atom. The molecule has 0 bridgehead atoms. The van der Waals surface area contributed by atoms with Gasteiger partial charge in [-0.15, -0.1) is 0 Å². The van der Waals surface area contributed by atoms with Crippen molar-refractivity contribution in [3.8, 4) is 5.75 Å². The molecule has 0 atom stereocenters. The molecule has 0 aliphatic heterocycles. The van der Waals surface area contributed by atoms with E-state index in [1.807, 2.05) is 6.92 Å². The van der Waals surface area contributed by atoms with Crippen LogP contribution in [0.3, 0.4) is 0 Å². The van der Waals surface area contributed by atoms with Crippen molar-refractivity contribution >= 4 is 11.4 Å². The smallest absolute Gasteiger partial charge is 0.318 e. The standard InChI is InChI=1S/C12H16N2O5/c1-3-4-5-6-19-12-10(13(15)16)7-9(2)8-11(12)14(17)18/h7-8H,3-6H2,1-2H3. The Kier molecular flexibility index (Phi) is 5.23. The van der Waals surface area contributed by atoms with E-state index in [9.17, 15) is 20.2 Å². The number of aryl methyl sites for hydroxylation is 1. The van der Waals surface area contributed by atoms with E-state index in [1.54, 1.807) is 6.92 Å². The zero-order valence-corrected chi connectivity index (χ0v) is 10.9. The fraction of sp³-hybridized carbons (Fsp3) is 0.500. The normalized spacial score (nSPS) is 10.2. The zero-order chi connectivity index (χ0) is 14.4. The highest BCUT2D eigenvalue weighted by molar-refractivity contribution is 5.61. The van der Waals surface area contributed by atoms with Gasteiger partial charge in [-0.05, 0) is 18.9 Å². The SMILES string of the molecule is CCCCCOc1c([N+](=O)[O-])cc(C)cc1[N+](=O)[O-]. The second-order valence-electron chi connectivity index (χ2n) is 4.20. The molecule has 1 aromatic rings. The molecule has 0 amide bonds. The van der Waals surface area contributed by atoms with E-state index in [0.717, 1.165) is 12.8 Å². The van der Waals surface area contributed by atoms with Crippen LogP contribution < -0.4 is 4.74 Å². The van der Waals surface area contributed by atoms with E-state index < -0.39 is 9.85 Å². The minimum Gasteiger partial charge on any atom is -0.482 e. The van der Waals surface area contributed by atoms with Gasteiger partial charge in [0, 0.05) is 12.1 Å². The van der Waals surface area contributed by atoms with Crippen LogP contribution in [0.2, 0.25) is 0 Å². The number of nitrogens with zero attached hydrogens (tertiary/aromatic N) is 2. The molecule has 0 saturated carbocycles. The van der Waals surface area contributed by atoms with Gasteiger partial charge in [0.05, 0.1) is 16.5 Å². The van der Waals surface area contributed by atoms with Crippen molar-refractivity contribution in [3.63, 3.8) is 0 Å². The van der Waals surface area contributed by atoms with Gasteiger partial charge < -0.3 is 4.74 Å². The zero-order valence-electron chi connectivity index (χ0n) is 10.9. The van der Waals surface area contributed by atoms with Crippen molar-refractivity contribution in [3.05, 3.63) is 37.9 Å². The summed E-state index contributed by atoms with van der Waals surface area (Å²) in [5.74, 6) is -0.253. The van der Waals surface area contributed by atoms with Crippen molar-refractivity contribution in [2.24, 2.45) is 0 Å². The first kappa shape index (κ1) is 14.9. The molecule has 0 aliphatic carbocycles. The molecule has 1 aromatic carbocycles. The second-order valence-corrected chi connectivity index (χ2v) is 4.20. The Morgan fingerprint density at radius 3 is 2.05 bits per heavy atom. The predicted octanol–water partition coefficient (Wildman–Crippen LogP) is 3.38. The van der Waals surface area contributed by atoms with Crippen molar-refractivity contribution in [2.75, 3.05) is 6.61 Å². The first-order chi connectivity index (χ1) is 8.97. The average molecular weight is 268 g/mol. The predicted molar refractivity (Wildman–Crippen MR) is 69.5 cm³/mol. The second kappa shape index (κ2) is 6.67. The molecule has 19 heavy (non-hydrogen) atoms. The van der Waals surface area contributed by atoms with Gasteiger partial charge in [-0.3, -0.25) is 20.2 Å². The third-order valence-corrected chi connectivity index (χ3v) is 2.58. The maximum absolute atomic E-state index is 10.9. The lowest BCUT2D eigenvalue weighted by Crippen LogP contribution is -2.04. The van der Waals surface area contributed by atoms with Crippen LogP contribution >= 0.6 is 0 Å². The van der Waals surface area contributed by atoms with E-state index >= 15 is 0 Å². The molecular formula is C12H16N2O5. The molecule has 0 fully saturated rings. The van der Waals surface area contributed by atoms with Crippen LogP contribution in [0, 0.1) is 27.2 Å². The van der Waals surface area contributed by atoms with Gasteiger partial charge in [0.25, 0.3) is 5.75 Å². The van der Waals surface area contributed by atoms with E-state index in [1.165, 1.54) is 12.1 Å². The first-order valence-corrected chi connectivity index (χ1v) is 6.03. The highest BCUT2D eigenvalue weighted by Crippen LogP contribution is 2.37. The van der Waals surface area contributed by atoms with E-state index in [4.69, 9.17) is 4.74 Å². The van der Waals surface area contributed by atoms with Gasteiger partial charge >= 0.3 is 11.4 Å². The van der Waals surface area contributed by atoms with Crippen LogP contribution in [0.5, 0.6) is 5.75 Å². The Hall–Kier alpha value is -2.18. The number of unbranched alkanes of at least 4 members (excludes halogenated alkanes) is 2. The Balaban J connectivity index is 3.09. The topological polar surface area (TPSA) is 95.5 Å². The molecule has 0 aromatic heterocycles. The third-order valence-electron chi connectivity index (χ3n) is 2.58. The number of hydrogen-bond donors (Lipinski definition) is 0. The highest BCUT2D eigenvalue weighted by atomic mass is 16.6. The number of nitro groups is 2. The number of nitro benzene ring substituents is 2. The van der Waals surface area contributed by atoms with Crippen molar-refractivity contribution < 1.29 is 14.6 Å². The van der Waals surface area contributed by atoms with Crippen LogP contribution in [-0.4, -0.2) is 16.5 Å². The summed E-state index contributed by atoms with van der Waals surface area (Å²) in [5.41, 5.74) is -0.259. The van der Waals surface area contributed by atoms with E-state index in [2.05, 4.69) is 0 Å². The number of benzene rings is 1. The first-order valence-electron chi connectivity index (χ1n) is 6.03. The summed E-state index contributed by atoms with van der Waals surface area (Å²) in [4.78, 5) is 20.6. The summed E-state index contributed by atoms with van der Waals surface area (Å²) in [6, 6.07) is 2.56. The average Bonchev–Trinajstić information content (AvgIpc) is 2.34. The molecular weight excluding hydrogens is 252 g/mol. The summed E-state index contributed by atoms with van der Waals surface area (Å²) in [5, 5.41) is 21.9. The van der Waals surface area contributed by atoms with Crippen molar-refractivity contribution in [1.29, 1.82) is 0 Å². The quantitative estimate of drug-likeness (QED) is 0.429. The van der Waals surface area contributed by atoms with Crippen molar-refractivity contribution in [1.82, 2.24) is 0 Å². The van der Waals surface area contributed by atoms with Crippen molar-refractivity contribution in [2.45, 2.75) is 33.1 Å². The summed E-state index contributed by atoms with van der Waals surface area (Å²) in [7, 11) is 0. The monoisotopic (exact) mass is 268 g/mol. The number of hydrogen-bond acceptors (Lipinski definition) is 5. The lowest BCUT2D eigenvalue weighted by Gasteiger charge is -2.07. The largest absolute Gasteiger partial charge is 0.482 e. The molecule has 0 spiro atoms. The van der Waals surface area contributed by atoms with Crippen LogP contribution in [0.25, 0.3) is 0 Å². The number of rotatable bonds is 7. The van der Waals surface area contributed by atoms with Gasteiger partial charge in [-0.1, -0.05) is 19.8 Å². The minimum absolute atomic E-state index is 0.235. The van der Waals surface area contributed by atoms with Crippen LogP contribution in [0.1, 0.15) is 31.7 Å². The van der Waals surface area contributed by atoms with Gasteiger partial charge in [-0.2, -0.15) is 0 Å². The third kappa shape index (κ3) is 3.90. The van der Waals surface area contributed by atoms with Gasteiger partial charge in [0.2, 0.25) is 0 Å². The molecule has 0 unspecified atom stereocenters. The fourth-order valence-electron chi connectivity index (χ4n) is 1.68. The van der Waals surface area contributed by atoms with Crippen LogP contribution in [0.4, 0.5) is 11.4 Å². The van der Waals surface area contributed by atoms with E-state index in [-0.39, 0.29) is 23.7 Å². The molecule has 1 rings (SSSR count). The summed E-state index contributed by atoms with van der Waals surface area (Å²) >= 11 is 0. The maximum atomic E-state index is 10.9. The summed E-state index contributed by atoms with van der Waals surface area (Å²) in [6.07, 6.45) is 2.59. The Labute approximate surface area is 110 Å². The fourth-order valence-corrected chi connectivity index (χ4v) is 1.68. The van der Waals surface area contributed by atoms with Gasteiger partial charge in [0.1, 0.15) is 0 Å². The molecule has 104 valence electrons. The van der Waals surface area contributed by atoms with Crippen LogP contribution in [0.15, 0.2) is 12.1 Å². The summed E-state index contributed by atoms with van der Waals surface area (Å²) in [6.45, 7) is 3.82. The maximum Gasteiger partial charge on any atom is 0.318 e. The number of ether oxygens (including phenoxy) is 1. The molecule has 0 heterocycles. The van der Waals surface area contributed by atoms with E-state index in [0.29, 0.717) is 12.0 Å². The molecule has 0 saturated heterocycles. The lowest BCUT2D eigenvalue weighted by molar-refractivity contribution is -0.396. The van der Waals surface area contributed by atoms with Crippen LogP contribution in [-0.2, 0) is 0 Å². The molecule has 7 nitrogen and oxygen atoms in total. The van der Waals surface area contributed by atoms with Gasteiger partial charge in [-0.25, -0.2) is 0 Å². The molecule has 0 N–H and O–H groups in total. The Morgan fingerprint density at radius 2 is 1.63 bits per heavy atom. The molecule has 0 aliphatic rings. The lowest BCUT2D eigenvalue weighted by atomic mass is 10.1. The minimum atomic E-state index is -0.658. The molecule has 0 radical (unpaired) electrons. The summed E-state index contributed by atoms with van der Waals surface area (Å²) < 4.78 is 5.26. The molecule has 7 heteroatoms. The highest BCUT2D eigenvalue weighted by Gasteiger charge is 2.27.